The summed E-state index contributed by atoms with van der Waals surface area (Å²) in [6, 6.07) is 13.4. The largest absolute Gasteiger partial charge is 0.366 e. The first-order valence-corrected chi connectivity index (χ1v) is 8.65. The Bertz CT molecular complexity index is 588. The molecule has 112 valence electrons. The van der Waals surface area contributed by atoms with Crippen molar-refractivity contribution < 1.29 is 0 Å². The predicted molar refractivity (Wildman–Crippen MR) is 92.1 cm³/mol. The Morgan fingerprint density at radius 3 is 2.81 bits per heavy atom. The van der Waals surface area contributed by atoms with Crippen LogP contribution in [0.5, 0.6) is 0 Å². The first-order chi connectivity index (χ1) is 10.2. The van der Waals surface area contributed by atoms with E-state index < -0.39 is 0 Å². The summed E-state index contributed by atoms with van der Waals surface area (Å²) in [6.45, 7) is 8.78. The molecule has 0 amide bonds. The molecule has 1 aliphatic heterocycles. The minimum Gasteiger partial charge on any atom is -0.366 e. The molecule has 0 saturated heterocycles. The van der Waals surface area contributed by atoms with Crippen LogP contribution in [-0.2, 0) is 19.5 Å². The summed E-state index contributed by atoms with van der Waals surface area (Å²) < 4.78 is 0. The summed E-state index contributed by atoms with van der Waals surface area (Å²) in [7, 11) is 0. The maximum Gasteiger partial charge on any atom is 0.0523 e. The van der Waals surface area contributed by atoms with E-state index in [4.69, 9.17) is 0 Å². The van der Waals surface area contributed by atoms with Gasteiger partial charge in [-0.05, 0) is 42.6 Å². The lowest BCUT2D eigenvalue weighted by atomic mass is 10.2. The van der Waals surface area contributed by atoms with Crippen LogP contribution >= 0.6 is 11.3 Å². The van der Waals surface area contributed by atoms with Crippen molar-refractivity contribution in [1.29, 1.82) is 0 Å². The third-order valence-electron chi connectivity index (χ3n) is 3.90. The number of nitrogens with zero attached hydrogens (tertiary/aromatic N) is 1. The SMILES string of the molecule is CC(C)CNCc1ccc(CN2CCc3ccccc32)s1. The molecule has 0 atom stereocenters. The summed E-state index contributed by atoms with van der Waals surface area (Å²) in [6.07, 6.45) is 1.18. The molecule has 0 bridgehead atoms. The molecule has 3 rings (SSSR count). The van der Waals surface area contributed by atoms with Gasteiger partial charge in [-0.15, -0.1) is 11.3 Å². The van der Waals surface area contributed by atoms with Crippen molar-refractivity contribution in [3.8, 4) is 0 Å². The number of benzene rings is 1. The zero-order valence-corrected chi connectivity index (χ0v) is 13.7. The van der Waals surface area contributed by atoms with E-state index in [1.54, 1.807) is 0 Å². The Morgan fingerprint density at radius 2 is 1.95 bits per heavy atom. The van der Waals surface area contributed by atoms with Crippen LogP contribution in [0.4, 0.5) is 5.69 Å². The molecule has 0 saturated carbocycles. The van der Waals surface area contributed by atoms with Crippen LogP contribution in [0.2, 0.25) is 0 Å². The second kappa shape index (κ2) is 6.63. The minimum absolute atomic E-state index is 0.713. The van der Waals surface area contributed by atoms with Crippen LogP contribution in [0.25, 0.3) is 0 Å². The molecule has 1 aromatic carbocycles. The summed E-state index contributed by atoms with van der Waals surface area (Å²) in [5.41, 5.74) is 2.92. The molecule has 0 aliphatic carbocycles. The van der Waals surface area contributed by atoms with Gasteiger partial charge in [-0.3, -0.25) is 0 Å². The van der Waals surface area contributed by atoms with Crippen LogP contribution in [0.15, 0.2) is 36.4 Å². The van der Waals surface area contributed by atoms with Gasteiger partial charge in [0.25, 0.3) is 0 Å². The summed E-state index contributed by atoms with van der Waals surface area (Å²) >= 11 is 1.94. The third kappa shape index (κ3) is 3.66. The van der Waals surface area contributed by atoms with E-state index in [0.29, 0.717) is 5.92 Å². The first-order valence-electron chi connectivity index (χ1n) is 7.83. The molecule has 0 fully saturated rings. The molecule has 2 heterocycles. The molecule has 1 N–H and O–H groups in total. The molecular formula is C18H24N2S. The van der Waals surface area contributed by atoms with Crippen molar-refractivity contribution in [3.63, 3.8) is 0 Å². The molecule has 2 nitrogen and oxygen atoms in total. The van der Waals surface area contributed by atoms with Gasteiger partial charge in [0, 0.05) is 28.5 Å². The van der Waals surface area contributed by atoms with E-state index in [-0.39, 0.29) is 0 Å². The van der Waals surface area contributed by atoms with Gasteiger partial charge in [-0.25, -0.2) is 0 Å². The number of anilines is 1. The van der Waals surface area contributed by atoms with Crippen LogP contribution in [-0.4, -0.2) is 13.1 Å². The van der Waals surface area contributed by atoms with E-state index in [9.17, 15) is 0 Å². The number of para-hydroxylation sites is 1. The van der Waals surface area contributed by atoms with E-state index in [1.165, 1.54) is 27.4 Å². The molecule has 0 spiro atoms. The Kier molecular flexibility index (Phi) is 4.61. The lowest BCUT2D eigenvalue weighted by Gasteiger charge is -2.18. The highest BCUT2D eigenvalue weighted by atomic mass is 32.1. The average Bonchev–Trinajstić information content (AvgIpc) is 3.07. The van der Waals surface area contributed by atoms with Gasteiger partial charge >= 0.3 is 0 Å². The van der Waals surface area contributed by atoms with E-state index in [1.807, 2.05) is 11.3 Å². The number of hydrogen-bond donors (Lipinski definition) is 1. The molecule has 0 radical (unpaired) electrons. The summed E-state index contributed by atoms with van der Waals surface area (Å²) in [4.78, 5) is 5.41. The van der Waals surface area contributed by atoms with Crippen molar-refractivity contribution in [2.75, 3.05) is 18.0 Å². The van der Waals surface area contributed by atoms with Crippen molar-refractivity contribution in [3.05, 3.63) is 51.7 Å². The number of fused-ring (bicyclic) bond motifs is 1. The number of nitrogens with one attached hydrogen (secondary N) is 1. The van der Waals surface area contributed by atoms with Gasteiger partial charge in [0.05, 0.1) is 6.54 Å². The van der Waals surface area contributed by atoms with Crippen LogP contribution in [0.3, 0.4) is 0 Å². The molecule has 1 aliphatic rings. The Balaban J connectivity index is 1.58. The smallest absolute Gasteiger partial charge is 0.0523 e. The number of hydrogen-bond acceptors (Lipinski definition) is 3. The zero-order valence-electron chi connectivity index (χ0n) is 12.9. The first kappa shape index (κ1) is 14.6. The highest BCUT2D eigenvalue weighted by Gasteiger charge is 2.18. The Labute approximate surface area is 131 Å². The molecule has 0 unspecified atom stereocenters. The third-order valence-corrected chi connectivity index (χ3v) is 4.97. The fourth-order valence-electron chi connectivity index (χ4n) is 2.85. The highest BCUT2D eigenvalue weighted by Crippen LogP contribution is 2.30. The van der Waals surface area contributed by atoms with Gasteiger partial charge in [0.15, 0.2) is 0 Å². The molecule has 2 aromatic rings. The van der Waals surface area contributed by atoms with Gasteiger partial charge in [-0.2, -0.15) is 0 Å². The van der Waals surface area contributed by atoms with Gasteiger partial charge in [0.2, 0.25) is 0 Å². The maximum absolute atomic E-state index is 3.52. The van der Waals surface area contributed by atoms with E-state index >= 15 is 0 Å². The Hall–Kier alpha value is -1.32. The lowest BCUT2D eigenvalue weighted by Crippen LogP contribution is -2.19. The van der Waals surface area contributed by atoms with Gasteiger partial charge < -0.3 is 10.2 Å². The standard InChI is InChI=1S/C18H24N2S/c1-14(2)11-19-12-16-7-8-17(21-16)13-20-10-9-15-5-3-4-6-18(15)20/h3-8,14,19H,9-13H2,1-2H3. The van der Waals surface area contributed by atoms with Crippen LogP contribution in [0.1, 0.15) is 29.2 Å². The number of rotatable bonds is 6. The molecule has 1 aromatic heterocycles. The van der Waals surface area contributed by atoms with Crippen molar-refractivity contribution in [2.45, 2.75) is 33.4 Å². The highest BCUT2D eigenvalue weighted by molar-refractivity contribution is 7.12. The van der Waals surface area contributed by atoms with Crippen molar-refractivity contribution in [2.24, 2.45) is 5.92 Å². The second-order valence-corrected chi connectivity index (χ2v) is 7.45. The van der Waals surface area contributed by atoms with Crippen LogP contribution in [0, 0.1) is 5.92 Å². The topological polar surface area (TPSA) is 15.3 Å². The van der Waals surface area contributed by atoms with Gasteiger partial charge in [0.1, 0.15) is 0 Å². The maximum atomic E-state index is 3.52. The van der Waals surface area contributed by atoms with Crippen LogP contribution < -0.4 is 10.2 Å². The predicted octanol–water partition coefficient (Wildman–Crippen LogP) is 4.06. The fraction of sp³-hybridized carbons (Fsp3) is 0.444. The fourth-order valence-corrected chi connectivity index (χ4v) is 3.85. The Morgan fingerprint density at radius 1 is 1.14 bits per heavy atom. The minimum atomic E-state index is 0.713. The van der Waals surface area contributed by atoms with E-state index in [0.717, 1.165) is 26.2 Å². The number of thiophene rings is 1. The van der Waals surface area contributed by atoms with E-state index in [2.05, 4.69) is 60.5 Å². The van der Waals surface area contributed by atoms with Gasteiger partial charge in [-0.1, -0.05) is 32.0 Å². The molecule has 21 heavy (non-hydrogen) atoms. The normalized spacial score (nSPS) is 14.0. The summed E-state index contributed by atoms with van der Waals surface area (Å²) in [5.74, 6) is 0.713. The van der Waals surface area contributed by atoms with Crippen molar-refractivity contribution in [1.82, 2.24) is 5.32 Å². The molecule has 3 heteroatoms. The molecular weight excluding hydrogens is 276 g/mol. The monoisotopic (exact) mass is 300 g/mol. The summed E-state index contributed by atoms with van der Waals surface area (Å²) in [5, 5.41) is 3.52. The lowest BCUT2D eigenvalue weighted by molar-refractivity contribution is 0.555. The van der Waals surface area contributed by atoms with Crippen molar-refractivity contribution >= 4 is 17.0 Å². The second-order valence-electron chi connectivity index (χ2n) is 6.19. The zero-order chi connectivity index (χ0) is 14.7. The quantitative estimate of drug-likeness (QED) is 0.865. The average molecular weight is 300 g/mol.